The first-order valence-electron chi connectivity index (χ1n) is 5.84. The van der Waals surface area contributed by atoms with E-state index >= 15 is 0 Å². The Balaban J connectivity index is 2.17. The minimum atomic E-state index is 0.102. The molecule has 1 saturated carbocycles. The summed E-state index contributed by atoms with van der Waals surface area (Å²) in [5.74, 6) is 1.93. The Bertz CT molecular complexity index is 388. The van der Waals surface area contributed by atoms with Crippen LogP contribution in [0.1, 0.15) is 18.4 Å². The molecule has 4 heteroatoms. The van der Waals surface area contributed by atoms with Crippen molar-refractivity contribution in [2.75, 3.05) is 20.3 Å². The van der Waals surface area contributed by atoms with E-state index in [1.165, 1.54) is 12.8 Å². The molecule has 94 valence electrons. The molecule has 1 aliphatic carbocycles. The topological polar surface area (TPSA) is 38.7 Å². The predicted molar refractivity (Wildman–Crippen MR) is 67.0 cm³/mol. The van der Waals surface area contributed by atoms with Gasteiger partial charge < -0.3 is 14.6 Å². The highest BCUT2D eigenvalue weighted by molar-refractivity contribution is 6.32. The van der Waals surface area contributed by atoms with Crippen molar-refractivity contribution in [3.63, 3.8) is 0 Å². The number of halogens is 1. The van der Waals surface area contributed by atoms with Gasteiger partial charge in [0, 0.05) is 6.61 Å². The number of hydrogen-bond donors (Lipinski definition) is 1. The molecule has 1 fully saturated rings. The van der Waals surface area contributed by atoms with Gasteiger partial charge in [-0.25, -0.2) is 0 Å². The monoisotopic (exact) mass is 256 g/mol. The van der Waals surface area contributed by atoms with Crippen LogP contribution in [-0.4, -0.2) is 25.4 Å². The maximum atomic E-state index is 8.94. The second-order valence-electron chi connectivity index (χ2n) is 4.34. The van der Waals surface area contributed by atoms with E-state index in [1.807, 2.05) is 6.07 Å². The summed E-state index contributed by atoms with van der Waals surface area (Å²) in [5, 5.41) is 9.47. The van der Waals surface area contributed by atoms with E-state index in [2.05, 4.69) is 0 Å². The fourth-order valence-electron chi connectivity index (χ4n) is 1.69. The van der Waals surface area contributed by atoms with Crippen LogP contribution in [0.5, 0.6) is 11.5 Å². The summed E-state index contributed by atoms with van der Waals surface area (Å²) in [6, 6.07) is 3.70. The molecule has 1 aromatic carbocycles. The molecule has 1 N–H and O–H groups in total. The van der Waals surface area contributed by atoms with Crippen molar-refractivity contribution in [1.82, 2.24) is 0 Å². The fraction of sp³-hybridized carbons (Fsp3) is 0.538. The molecule has 17 heavy (non-hydrogen) atoms. The molecule has 0 radical (unpaired) electrons. The van der Waals surface area contributed by atoms with Crippen molar-refractivity contribution in [3.8, 4) is 11.5 Å². The Hall–Kier alpha value is -0.930. The third-order valence-corrected chi connectivity index (χ3v) is 3.13. The molecule has 0 heterocycles. The molecule has 1 aromatic rings. The summed E-state index contributed by atoms with van der Waals surface area (Å²) in [7, 11) is 1.58. The van der Waals surface area contributed by atoms with E-state index in [1.54, 1.807) is 13.2 Å². The van der Waals surface area contributed by atoms with Crippen LogP contribution >= 0.6 is 11.6 Å². The van der Waals surface area contributed by atoms with Gasteiger partial charge in [0.2, 0.25) is 0 Å². The zero-order valence-electron chi connectivity index (χ0n) is 9.91. The van der Waals surface area contributed by atoms with Crippen molar-refractivity contribution >= 4 is 11.6 Å². The fourth-order valence-corrected chi connectivity index (χ4v) is 2.00. The first kappa shape index (κ1) is 12.5. The van der Waals surface area contributed by atoms with Crippen LogP contribution in [0.3, 0.4) is 0 Å². The lowest BCUT2D eigenvalue weighted by molar-refractivity contribution is 0.279. The molecular weight excluding hydrogens is 240 g/mol. The van der Waals surface area contributed by atoms with Crippen LogP contribution in [0, 0.1) is 5.92 Å². The zero-order valence-corrected chi connectivity index (χ0v) is 10.7. The van der Waals surface area contributed by atoms with Gasteiger partial charge in [-0.3, -0.25) is 0 Å². The molecule has 0 atom stereocenters. The molecule has 0 saturated heterocycles. The maximum Gasteiger partial charge on any atom is 0.179 e. The summed E-state index contributed by atoms with van der Waals surface area (Å²) < 4.78 is 11.0. The first-order chi connectivity index (χ1) is 8.24. The van der Waals surface area contributed by atoms with E-state index in [9.17, 15) is 0 Å². The lowest BCUT2D eigenvalue weighted by Crippen LogP contribution is -2.02. The number of aliphatic hydroxyl groups is 1. The third-order valence-electron chi connectivity index (χ3n) is 2.85. The van der Waals surface area contributed by atoms with Crippen LogP contribution in [0.25, 0.3) is 0 Å². The highest BCUT2D eigenvalue weighted by Gasteiger charge is 2.23. The van der Waals surface area contributed by atoms with Gasteiger partial charge in [0.05, 0.1) is 18.7 Å². The van der Waals surface area contributed by atoms with Gasteiger partial charge in [0.25, 0.3) is 0 Å². The summed E-state index contributed by atoms with van der Waals surface area (Å²) in [6.07, 6.45) is 3.06. The summed E-state index contributed by atoms with van der Waals surface area (Å²) in [4.78, 5) is 0. The van der Waals surface area contributed by atoms with Gasteiger partial charge >= 0.3 is 0 Å². The number of hydrogen-bond acceptors (Lipinski definition) is 3. The maximum absolute atomic E-state index is 8.94. The normalized spacial score (nSPS) is 14.8. The summed E-state index contributed by atoms with van der Waals surface area (Å²) in [5.41, 5.74) is 0.962. The minimum Gasteiger partial charge on any atom is -0.491 e. The van der Waals surface area contributed by atoms with E-state index < -0.39 is 0 Å². The predicted octanol–water partition coefficient (Wildman–Crippen LogP) is 2.67. The molecule has 0 aromatic heterocycles. The van der Waals surface area contributed by atoms with Crippen molar-refractivity contribution in [2.24, 2.45) is 5.92 Å². The molecule has 0 unspecified atom stereocenters. The number of benzene rings is 1. The van der Waals surface area contributed by atoms with Gasteiger partial charge in [-0.05, 0) is 42.9 Å². The number of rotatable bonds is 6. The highest BCUT2D eigenvalue weighted by Crippen LogP contribution is 2.38. The second-order valence-corrected chi connectivity index (χ2v) is 4.74. The average Bonchev–Trinajstić information content (AvgIpc) is 3.10. The highest BCUT2D eigenvalue weighted by atomic mass is 35.5. The standard InChI is InChI=1S/C13H17ClO3/c1-16-13-11(14)6-10(4-5-15)7-12(13)17-8-9-2-3-9/h6-7,9,15H,2-5,8H2,1H3. The van der Waals surface area contributed by atoms with Crippen LogP contribution in [0.2, 0.25) is 5.02 Å². The largest absolute Gasteiger partial charge is 0.491 e. The smallest absolute Gasteiger partial charge is 0.179 e. The number of methoxy groups -OCH3 is 1. The third kappa shape index (κ3) is 3.27. The van der Waals surface area contributed by atoms with E-state index in [0.29, 0.717) is 28.9 Å². The number of ether oxygens (including phenoxy) is 2. The van der Waals surface area contributed by atoms with Crippen molar-refractivity contribution in [1.29, 1.82) is 0 Å². The van der Waals surface area contributed by atoms with Crippen LogP contribution in [-0.2, 0) is 6.42 Å². The van der Waals surface area contributed by atoms with Crippen molar-refractivity contribution in [3.05, 3.63) is 22.7 Å². The van der Waals surface area contributed by atoms with Crippen molar-refractivity contribution in [2.45, 2.75) is 19.3 Å². The molecule has 2 rings (SSSR count). The Kier molecular flexibility index (Phi) is 4.13. The van der Waals surface area contributed by atoms with Gasteiger partial charge in [0.1, 0.15) is 0 Å². The minimum absolute atomic E-state index is 0.102. The van der Waals surface area contributed by atoms with Gasteiger partial charge in [-0.1, -0.05) is 11.6 Å². The Morgan fingerprint density at radius 3 is 2.76 bits per heavy atom. The Morgan fingerprint density at radius 1 is 1.41 bits per heavy atom. The molecule has 1 aliphatic rings. The SMILES string of the molecule is COc1c(Cl)cc(CCO)cc1OCC1CC1. The molecule has 0 amide bonds. The quantitative estimate of drug-likeness (QED) is 0.851. The summed E-state index contributed by atoms with van der Waals surface area (Å²) >= 11 is 6.11. The Morgan fingerprint density at radius 2 is 2.18 bits per heavy atom. The molecule has 0 spiro atoms. The van der Waals surface area contributed by atoms with Gasteiger partial charge in [-0.15, -0.1) is 0 Å². The zero-order chi connectivity index (χ0) is 12.3. The Labute approximate surface area is 106 Å². The molecule has 0 bridgehead atoms. The van der Waals surface area contributed by atoms with Crippen molar-refractivity contribution < 1.29 is 14.6 Å². The van der Waals surface area contributed by atoms with E-state index in [4.69, 9.17) is 26.2 Å². The molecular formula is C13H17ClO3. The van der Waals surface area contributed by atoms with Crippen LogP contribution in [0.4, 0.5) is 0 Å². The van der Waals surface area contributed by atoms with Crippen LogP contribution < -0.4 is 9.47 Å². The average molecular weight is 257 g/mol. The van der Waals surface area contributed by atoms with Gasteiger partial charge in [0.15, 0.2) is 11.5 Å². The van der Waals surface area contributed by atoms with Gasteiger partial charge in [-0.2, -0.15) is 0 Å². The van der Waals surface area contributed by atoms with Crippen LogP contribution in [0.15, 0.2) is 12.1 Å². The lowest BCUT2D eigenvalue weighted by atomic mass is 10.1. The van der Waals surface area contributed by atoms with E-state index in [0.717, 1.165) is 12.2 Å². The molecule has 3 nitrogen and oxygen atoms in total. The second kappa shape index (κ2) is 5.61. The van der Waals surface area contributed by atoms with E-state index in [-0.39, 0.29) is 6.61 Å². The number of aliphatic hydroxyl groups excluding tert-OH is 1. The summed E-state index contributed by atoms with van der Waals surface area (Å²) in [6.45, 7) is 0.819. The lowest BCUT2D eigenvalue weighted by Gasteiger charge is -2.13. The first-order valence-corrected chi connectivity index (χ1v) is 6.22. The molecule has 0 aliphatic heterocycles.